The second-order valence-corrected chi connectivity index (χ2v) is 6.49. The molecule has 1 aliphatic rings. The maximum atomic E-state index is 14.0. The minimum Gasteiger partial charge on any atom is -0.497 e. The van der Waals surface area contributed by atoms with Crippen LogP contribution in [0.1, 0.15) is 49.4 Å². The molecule has 1 aliphatic carbocycles. The Morgan fingerprint density at radius 2 is 2.04 bits per heavy atom. The minimum absolute atomic E-state index is 0.153. The lowest BCUT2D eigenvalue weighted by atomic mass is 9.96. The monoisotopic (exact) mass is 347 g/mol. The molecular formula is C19H26FN3O2. The van der Waals surface area contributed by atoms with Gasteiger partial charge in [-0.1, -0.05) is 19.3 Å². The summed E-state index contributed by atoms with van der Waals surface area (Å²) in [6.45, 7) is 0.837. The largest absolute Gasteiger partial charge is 0.497 e. The molecule has 1 saturated carbocycles. The summed E-state index contributed by atoms with van der Waals surface area (Å²) in [5.74, 6) is 1.04. The zero-order valence-electron chi connectivity index (χ0n) is 14.9. The summed E-state index contributed by atoms with van der Waals surface area (Å²) in [7, 11) is 3.46. The van der Waals surface area contributed by atoms with Crippen molar-refractivity contribution >= 4 is 0 Å². The van der Waals surface area contributed by atoms with Crippen LogP contribution in [-0.4, -0.2) is 23.9 Å². The van der Waals surface area contributed by atoms with Crippen molar-refractivity contribution in [1.82, 2.24) is 15.1 Å². The molecule has 25 heavy (non-hydrogen) atoms. The summed E-state index contributed by atoms with van der Waals surface area (Å²) >= 11 is 0. The number of aromatic nitrogens is 2. The van der Waals surface area contributed by atoms with Gasteiger partial charge in [0.05, 0.1) is 18.8 Å². The second-order valence-electron chi connectivity index (χ2n) is 6.49. The molecule has 0 amide bonds. The van der Waals surface area contributed by atoms with Gasteiger partial charge in [-0.3, -0.25) is 0 Å². The van der Waals surface area contributed by atoms with Gasteiger partial charge in [0.15, 0.2) is 0 Å². The number of benzene rings is 1. The van der Waals surface area contributed by atoms with E-state index < -0.39 is 0 Å². The van der Waals surface area contributed by atoms with Crippen molar-refractivity contribution in [1.29, 1.82) is 0 Å². The van der Waals surface area contributed by atoms with Crippen molar-refractivity contribution in [3.63, 3.8) is 0 Å². The summed E-state index contributed by atoms with van der Waals surface area (Å²) < 4.78 is 27.1. The lowest BCUT2D eigenvalue weighted by molar-refractivity contribution is 0.234. The quantitative estimate of drug-likeness (QED) is 0.827. The fourth-order valence-corrected chi connectivity index (χ4v) is 3.33. The summed E-state index contributed by atoms with van der Waals surface area (Å²) in [5.41, 5.74) is 1.42. The Morgan fingerprint density at radius 1 is 1.24 bits per heavy atom. The molecule has 1 heterocycles. The van der Waals surface area contributed by atoms with Gasteiger partial charge in [0.1, 0.15) is 18.2 Å². The lowest BCUT2D eigenvalue weighted by Crippen LogP contribution is -2.16. The van der Waals surface area contributed by atoms with E-state index in [1.165, 1.54) is 25.3 Å². The second kappa shape index (κ2) is 8.34. The van der Waals surface area contributed by atoms with Crippen molar-refractivity contribution in [2.24, 2.45) is 0 Å². The Balaban J connectivity index is 1.78. The predicted molar refractivity (Wildman–Crippen MR) is 94.4 cm³/mol. The number of hydrogen-bond acceptors (Lipinski definition) is 4. The number of nitrogens with zero attached hydrogens (tertiary/aromatic N) is 2. The van der Waals surface area contributed by atoms with Gasteiger partial charge in [0.25, 0.3) is 0 Å². The average molecular weight is 347 g/mol. The number of halogens is 1. The lowest BCUT2D eigenvalue weighted by Gasteiger charge is -2.23. The van der Waals surface area contributed by atoms with Gasteiger partial charge in [-0.15, -0.1) is 0 Å². The summed E-state index contributed by atoms with van der Waals surface area (Å²) in [6.07, 6.45) is 5.95. The Morgan fingerprint density at radius 3 is 2.76 bits per heavy atom. The zero-order chi connectivity index (χ0) is 17.6. The normalized spacial score (nSPS) is 15.3. The average Bonchev–Trinajstić information content (AvgIpc) is 3.05. The van der Waals surface area contributed by atoms with Gasteiger partial charge in [-0.2, -0.15) is 5.10 Å². The molecule has 1 aromatic heterocycles. The van der Waals surface area contributed by atoms with Crippen LogP contribution < -0.4 is 14.8 Å². The van der Waals surface area contributed by atoms with Gasteiger partial charge in [0.2, 0.25) is 5.88 Å². The fourth-order valence-electron chi connectivity index (χ4n) is 3.33. The molecule has 0 radical (unpaired) electrons. The van der Waals surface area contributed by atoms with E-state index in [1.54, 1.807) is 19.2 Å². The number of nitrogens with one attached hydrogen (secondary N) is 1. The number of hydrogen-bond donors (Lipinski definition) is 1. The van der Waals surface area contributed by atoms with Gasteiger partial charge >= 0.3 is 0 Å². The van der Waals surface area contributed by atoms with Crippen LogP contribution in [0.25, 0.3) is 0 Å². The van der Waals surface area contributed by atoms with Crippen LogP contribution in [0.15, 0.2) is 24.3 Å². The SMILES string of the molecule is CNCc1cc(OCc2cc(OC)ccc2F)n(C2CCCCC2)n1. The molecule has 136 valence electrons. The Bertz CT molecular complexity index is 696. The van der Waals surface area contributed by atoms with Crippen LogP contribution in [-0.2, 0) is 13.2 Å². The maximum Gasteiger partial charge on any atom is 0.212 e. The highest BCUT2D eigenvalue weighted by Gasteiger charge is 2.21. The van der Waals surface area contributed by atoms with E-state index in [0.717, 1.165) is 18.5 Å². The summed E-state index contributed by atoms with van der Waals surface area (Å²) in [4.78, 5) is 0. The summed E-state index contributed by atoms with van der Waals surface area (Å²) in [5, 5.41) is 7.82. The third-order valence-electron chi connectivity index (χ3n) is 4.66. The topological polar surface area (TPSA) is 48.3 Å². The first-order chi connectivity index (χ1) is 12.2. The van der Waals surface area contributed by atoms with E-state index in [9.17, 15) is 4.39 Å². The molecule has 1 N–H and O–H groups in total. The van der Waals surface area contributed by atoms with Crippen LogP contribution in [0.2, 0.25) is 0 Å². The van der Waals surface area contributed by atoms with E-state index in [1.807, 2.05) is 17.8 Å². The van der Waals surface area contributed by atoms with Crippen molar-refractivity contribution in [3.8, 4) is 11.6 Å². The molecule has 0 aliphatic heterocycles. The molecule has 2 aromatic rings. The Labute approximate surface area is 148 Å². The van der Waals surface area contributed by atoms with Gasteiger partial charge in [-0.25, -0.2) is 9.07 Å². The smallest absolute Gasteiger partial charge is 0.212 e. The van der Waals surface area contributed by atoms with Crippen molar-refractivity contribution < 1.29 is 13.9 Å². The van der Waals surface area contributed by atoms with E-state index in [0.29, 0.717) is 29.8 Å². The molecule has 0 bridgehead atoms. The van der Waals surface area contributed by atoms with E-state index >= 15 is 0 Å². The van der Waals surface area contributed by atoms with Crippen molar-refractivity contribution in [2.45, 2.75) is 51.3 Å². The first kappa shape index (κ1) is 17.7. The fraction of sp³-hybridized carbons (Fsp3) is 0.526. The molecule has 0 spiro atoms. The van der Waals surface area contributed by atoms with Crippen LogP contribution in [0.3, 0.4) is 0 Å². The van der Waals surface area contributed by atoms with Crippen molar-refractivity contribution in [2.75, 3.05) is 14.2 Å². The van der Waals surface area contributed by atoms with Crippen LogP contribution in [0, 0.1) is 5.82 Å². The Hall–Kier alpha value is -2.08. The zero-order valence-corrected chi connectivity index (χ0v) is 14.9. The van der Waals surface area contributed by atoms with Crippen LogP contribution in [0.4, 0.5) is 4.39 Å². The molecule has 3 rings (SSSR count). The molecule has 5 nitrogen and oxygen atoms in total. The highest BCUT2D eigenvalue weighted by molar-refractivity contribution is 5.30. The first-order valence-corrected chi connectivity index (χ1v) is 8.89. The molecule has 1 aromatic carbocycles. The van der Waals surface area contributed by atoms with Crippen LogP contribution >= 0.6 is 0 Å². The predicted octanol–water partition coefficient (Wildman–Crippen LogP) is 3.83. The first-order valence-electron chi connectivity index (χ1n) is 8.89. The molecular weight excluding hydrogens is 321 g/mol. The highest BCUT2D eigenvalue weighted by Crippen LogP contribution is 2.32. The van der Waals surface area contributed by atoms with E-state index in [2.05, 4.69) is 5.32 Å². The third-order valence-corrected chi connectivity index (χ3v) is 4.66. The summed E-state index contributed by atoms with van der Waals surface area (Å²) in [6, 6.07) is 7.00. The number of methoxy groups -OCH3 is 1. The third kappa shape index (κ3) is 4.31. The van der Waals surface area contributed by atoms with Crippen molar-refractivity contribution in [3.05, 3.63) is 41.3 Å². The van der Waals surface area contributed by atoms with E-state index in [4.69, 9.17) is 14.6 Å². The van der Waals surface area contributed by atoms with Gasteiger partial charge < -0.3 is 14.8 Å². The maximum absolute atomic E-state index is 14.0. The molecule has 0 atom stereocenters. The number of rotatable bonds is 7. The molecule has 6 heteroatoms. The highest BCUT2D eigenvalue weighted by atomic mass is 19.1. The Kier molecular flexibility index (Phi) is 5.91. The standard InChI is InChI=1S/C19H26FN3O2/c1-21-12-15-11-19(23(22-15)16-6-4-3-5-7-16)25-13-14-10-17(24-2)8-9-18(14)20/h8-11,16,21H,3-7,12-13H2,1-2H3. The van der Waals surface area contributed by atoms with E-state index in [-0.39, 0.29) is 12.4 Å². The van der Waals surface area contributed by atoms with Gasteiger partial charge in [-0.05, 0) is 38.1 Å². The van der Waals surface area contributed by atoms with Crippen LogP contribution in [0.5, 0.6) is 11.6 Å². The minimum atomic E-state index is -0.292. The van der Waals surface area contributed by atoms with Gasteiger partial charge in [0, 0.05) is 18.2 Å². The number of ether oxygens (including phenoxy) is 2. The molecule has 0 saturated heterocycles. The molecule has 0 unspecified atom stereocenters. The molecule has 1 fully saturated rings.